The third-order valence-corrected chi connectivity index (χ3v) is 2.75. The Morgan fingerprint density at radius 3 is 0.909 bits per heavy atom. The van der Waals surface area contributed by atoms with Gasteiger partial charge in [-0.2, -0.15) is 34.4 Å². The molecule has 0 unspecified atom stereocenters. The molecule has 0 aliphatic carbocycles. The van der Waals surface area contributed by atoms with Crippen molar-refractivity contribution < 1.29 is 68.8 Å². The van der Waals surface area contributed by atoms with Crippen LogP contribution in [0.1, 0.15) is 0 Å². The summed E-state index contributed by atoms with van der Waals surface area (Å²) in [6.45, 7) is 0. The summed E-state index contributed by atoms with van der Waals surface area (Å²) in [6, 6.07) is 0. The number of hydrogen-bond acceptors (Lipinski definition) is 8. The molecule has 18 heteroatoms. The summed E-state index contributed by atoms with van der Waals surface area (Å²) in [5, 5.41) is 8.08. The Balaban J connectivity index is -0.000000135. The molecule has 128 valence electrons. The Labute approximate surface area is 159 Å². The normalized spacial score (nSPS) is 11.9. The second kappa shape index (κ2) is 9.34. The molecule has 0 aromatic carbocycles. The molecule has 0 aromatic rings. The first-order valence-electron chi connectivity index (χ1n) is 3.51. The third kappa shape index (κ3) is 8.03. The van der Waals surface area contributed by atoms with Crippen LogP contribution in [0, 0.1) is 0 Å². The molecule has 0 spiro atoms. The van der Waals surface area contributed by atoms with E-state index in [1.165, 1.54) is 0 Å². The molecular formula is C4H4BaF4O11S2. The minimum absolute atomic E-state index is 0. The van der Waals surface area contributed by atoms with E-state index in [0.717, 1.165) is 0 Å². The maximum Gasteiger partial charge on any atom is 2.00 e. The Bertz CT molecular complexity index is 542. The molecule has 11 nitrogen and oxygen atoms in total. The fourth-order valence-corrected chi connectivity index (χ4v) is 0.632. The molecule has 0 atom stereocenters. The number of aliphatic carboxylic acids is 2. The second-order valence-electron chi connectivity index (χ2n) is 2.56. The van der Waals surface area contributed by atoms with Crippen molar-refractivity contribution in [3.05, 3.63) is 0 Å². The van der Waals surface area contributed by atoms with Gasteiger partial charge in [-0.25, -0.2) is 0 Å². The van der Waals surface area contributed by atoms with E-state index in [2.05, 4.69) is 0 Å². The standard InChI is InChI=1S/2C2H2F2O5S.Ba.H2O/c2*3-2(4,1(5)6)10(7,8)9;;/h2*(H,5,6)(H,7,8,9);;1H2/q;;+2;/p-2. The quantitative estimate of drug-likeness (QED) is 0.211. The van der Waals surface area contributed by atoms with Crippen molar-refractivity contribution in [3.63, 3.8) is 0 Å². The van der Waals surface area contributed by atoms with E-state index >= 15 is 0 Å². The second-order valence-corrected chi connectivity index (χ2v) is 5.48. The van der Waals surface area contributed by atoms with Crippen LogP contribution in [0.5, 0.6) is 0 Å². The van der Waals surface area contributed by atoms with Crippen molar-refractivity contribution in [2.45, 2.75) is 10.5 Å². The van der Waals surface area contributed by atoms with E-state index in [4.69, 9.17) is 9.11 Å². The number of carbonyl (C=O) groups is 2. The molecule has 0 aliphatic rings. The van der Waals surface area contributed by atoms with Crippen molar-refractivity contribution in [1.29, 1.82) is 0 Å². The summed E-state index contributed by atoms with van der Waals surface area (Å²) in [7, 11) is -11.8. The summed E-state index contributed by atoms with van der Waals surface area (Å²) in [6.07, 6.45) is 0. The van der Waals surface area contributed by atoms with Crippen LogP contribution in [0.3, 0.4) is 0 Å². The van der Waals surface area contributed by atoms with E-state index < -0.39 is 42.7 Å². The predicted octanol–water partition coefficient (Wildman–Crippen LogP) is -4.77. The van der Waals surface area contributed by atoms with Crippen LogP contribution in [0.25, 0.3) is 0 Å². The molecule has 0 rings (SSSR count). The van der Waals surface area contributed by atoms with Crippen molar-refractivity contribution in [3.8, 4) is 0 Å². The number of halogens is 4. The van der Waals surface area contributed by atoms with Gasteiger partial charge in [-0.15, -0.1) is 0 Å². The number of carbonyl (C=O) groups excluding carboxylic acids is 2. The number of carboxylic acid groups (broad SMARTS) is 2. The van der Waals surface area contributed by atoms with Gasteiger partial charge in [0.2, 0.25) is 0 Å². The number of alkyl halides is 4. The fourth-order valence-electron chi connectivity index (χ4n) is 0.211. The molecule has 0 amide bonds. The Morgan fingerprint density at radius 1 is 0.773 bits per heavy atom. The van der Waals surface area contributed by atoms with Gasteiger partial charge in [0, 0.05) is 0 Å². The average molecular weight is 506 g/mol. The SMILES string of the molecule is O.O=C([O-])C(F)(F)S(=O)(=O)O.O=C([O-])C(F)(F)S(=O)(=O)O.[Ba+2]. The van der Waals surface area contributed by atoms with Gasteiger partial charge in [0.15, 0.2) is 0 Å². The first kappa shape index (κ1) is 30.0. The summed E-state index contributed by atoms with van der Waals surface area (Å²) in [5.74, 6) is -6.31. The smallest absolute Gasteiger partial charge is 0.543 e. The van der Waals surface area contributed by atoms with Gasteiger partial charge in [0.25, 0.3) is 0 Å². The van der Waals surface area contributed by atoms with Crippen LogP contribution in [0.15, 0.2) is 0 Å². The van der Waals surface area contributed by atoms with Crippen LogP contribution in [-0.4, -0.2) is 103 Å². The van der Waals surface area contributed by atoms with Crippen LogP contribution < -0.4 is 10.2 Å². The van der Waals surface area contributed by atoms with Gasteiger partial charge in [-0.3, -0.25) is 9.11 Å². The molecule has 4 N–H and O–H groups in total. The summed E-state index contributed by atoms with van der Waals surface area (Å²) >= 11 is 0. The first-order chi connectivity index (χ1) is 8.39. The molecule has 22 heavy (non-hydrogen) atoms. The van der Waals surface area contributed by atoms with Gasteiger partial charge in [-0.1, -0.05) is 0 Å². The van der Waals surface area contributed by atoms with E-state index in [0.29, 0.717) is 0 Å². The molecule has 0 aliphatic heterocycles. The molecule has 0 radical (unpaired) electrons. The molecule has 0 fully saturated rings. The van der Waals surface area contributed by atoms with E-state index in [-0.39, 0.29) is 54.4 Å². The van der Waals surface area contributed by atoms with E-state index in [1.54, 1.807) is 0 Å². The van der Waals surface area contributed by atoms with Gasteiger partial charge >= 0.3 is 79.6 Å². The van der Waals surface area contributed by atoms with Crippen molar-refractivity contribution in [2.24, 2.45) is 0 Å². The first-order valence-corrected chi connectivity index (χ1v) is 6.39. The van der Waals surface area contributed by atoms with Crippen LogP contribution in [0.4, 0.5) is 17.6 Å². The fraction of sp³-hybridized carbons (Fsp3) is 0.500. The van der Waals surface area contributed by atoms with Crippen LogP contribution >= 0.6 is 0 Å². The van der Waals surface area contributed by atoms with E-state index in [1.807, 2.05) is 0 Å². The van der Waals surface area contributed by atoms with Crippen LogP contribution in [-0.2, 0) is 29.8 Å². The molecule has 0 saturated carbocycles. The summed E-state index contributed by atoms with van der Waals surface area (Å²) < 4.78 is 99.2. The van der Waals surface area contributed by atoms with Gasteiger partial charge in [-0.05, 0) is 0 Å². The average Bonchev–Trinajstić information content (AvgIpc) is 2.14. The topological polar surface area (TPSA) is 220 Å². The number of hydrogen-bond donors (Lipinski definition) is 2. The molecular weight excluding hydrogens is 501 g/mol. The van der Waals surface area contributed by atoms with Gasteiger partial charge in [0.05, 0.1) is 0 Å². The molecule has 0 bridgehead atoms. The Kier molecular flexibility index (Phi) is 12.7. The zero-order valence-corrected chi connectivity index (χ0v) is 15.8. The van der Waals surface area contributed by atoms with Gasteiger partial charge in [0.1, 0.15) is 11.9 Å². The number of carboxylic acids is 2. The zero-order chi connectivity index (χ0) is 17.2. The maximum atomic E-state index is 11.6. The summed E-state index contributed by atoms with van der Waals surface area (Å²) in [5.41, 5.74) is 0. The predicted molar refractivity (Wildman–Crippen MR) is 52.4 cm³/mol. The van der Waals surface area contributed by atoms with Crippen LogP contribution in [0.2, 0.25) is 0 Å². The largest absolute Gasteiger partial charge is 2.00 e. The minimum Gasteiger partial charge on any atom is -0.543 e. The summed E-state index contributed by atoms with van der Waals surface area (Å²) in [4.78, 5) is 18.5. The van der Waals surface area contributed by atoms with Gasteiger partial charge < -0.3 is 25.3 Å². The molecule has 0 aromatic heterocycles. The van der Waals surface area contributed by atoms with E-state index in [9.17, 15) is 54.2 Å². The zero-order valence-electron chi connectivity index (χ0n) is 9.70. The molecule has 0 saturated heterocycles. The Morgan fingerprint density at radius 2 is 0.909 bits per heavy atom. The van der Waals surface area contributed by atoms with Crippen molar-refractivity contribution in [1.82, 2.24) is 0 Å². The monoisotopic (exact) mass is 506 g/mol. The Hall–Kier alpha value is 0.0114. The van der Waals surface area contributed by atoms with Crippen molar-refractivity contribution >= 4 is 81.1 Å². The maximum absolute atomic E-state index is 11.6. The van der Waals surface area contributed by atoms with Crippen molar-refractivity contribution in [2.75, 3.05) is 0 Å². The number of rotatable bonds is 4. The third-order valence-electron chi connectivity index (χ3n) is 1.12. The molecule has 0 heterocycles. The minimum atomic E-state index is -5.90.